The Bertz CT molecular complexity index is 667. The van der Waals surface area contributed by atoms with Crippen molar-refractivity contribution in [3.8, 4) is 0 Å². The maximum atomic E-state index is 11.6. The highest BCUT2D eigenvalue weighted by molar-refractivity contribution is 5.98. The predicted molar refractivity (Wildman–Crippen MR) is 77.6 cm³/mol. The Labute approximate surface area is 117 Å². The number of carboxylic acid groups (broad SMARTS) is 1. The van der Waals surface area contributed by atoms with Gasteiger partial charge in [-0.05, 0) is 37.5 Å². The number of allylic oxidation sites excluding steroid dienone is 1. The molecule has 0 bridgehead atoms. The first kappa shape index (κ1) is 14.1. The van der Waals surface area contributed by atoms with E-state index in [0.717, 1.165) is 11.9 Å². The van der Waals surface area contributed by atoms with Gasteiger partial charge in [0.15, 0.2) is 5.78 Å². The van der Waals surface area contributed by atoms with Crippen LogP contribution >= 0.6 is 0 Å². The quantitative estimate of drug-likeness (QED) is 0.793. The van der Waals surface area contributed by atoms with Crippen molar-refractivity contribution < 1.29 is 14.7 Å². The molecule has 0 atom stereocenters. The van der Waals surface area contributed by atoms with E-state index in [1.54, 1.807) is 0 Å². The SMILES string of the molecule is CC(=CC(=O)CCCc1c[nH]c2ccccc12)C(=O)O. The number of para-hydroxylation sites is 1. The van der Waals surface area contributed by atoms with Crippen LogP contribution in [-0.4, -0.2) is 21.8 Å². The summed E-state index contributed by atoms with van der Waals surface area (Å²) in [6.45, 7) is 1.43. The third-order valence-corrected chi connectivity index (χ3v) is 3.26. The van der Waals surface area contributed by atoms with Crippen molar-refractivity contribution in [1.29, 1.82) is 0 Å². The first-order chi connectivity index (χ1) is 9.58. The van der Waals surface area contributed by atoms with Gasteiger partial charge in [-0.3, -0.25) is 4.79 Å². The minimum absolute atomic E-state index is 0.0853. The molecule has 0 saturated heterocycles. The number of aliphatic carboxylic acids is 1. The van der Waals surface area contributed by atoms with Crippen LogP contribution in [0.3, 0.4) is 0 Å². The zero-order valence-electron chi connectivity index (χ0n) is 11.3. The van der Waals surface area contributed by atoms with Crippen molar-refractivity contribution in [2.24, 2.45) is 0 Å². The molecule has 0 amide bonds. The predicted octanol–water partition coefficient (Wildman–Crippen LogP) is 3.09. The highest BCUT2D eigenvalue weighted by atomic mass is 16.4. The fraction of sp³-hybridized carbons (Fsp3) is 0.250. The van der Waals surface area contributed by atoms with E-state index in [2.05, 4.69) is 11.1 Å². The molecule has 0 spiro atoms. The maximum absolute atomic E-state index is 11.6. The molecule has 20 heavy (non-hydrogen) atoms. The first-order valence-corrected chi connectivity index (χ1v) is 6.57. The summed E-state index contributed by atoms with van der Waals surface area (Å²) in [5.41, 5.74) is 2.37. The van der Waals surface area contributed by atoms with Gasteiger partial charge in [-0.15, -0.1) is 0 Å². The molecule has 0 aliphatic heterocycles. The van der Waals surface area contributed by atoms with Gasteiger partial charge in [-0.25, -0.2) is 4.79 Å². The summed E-state index contributed by atoms with van der Waals surface area (Å²) < 4.78 is 0. The van der Waals surface area contributed by atoms with Crippen LogP contribution in [0, 0.1) is 0 Å². The Kier molecular flexibility index (Phi) is 4.35. The number of aromatic nitrogens is 1. The van der Waals surface area contributed by atoms with Gasteiger partial charge in [-0.2, -0.15) is 0 Å². The third-order valence-electron chi connectivity index (χ3n) is 3.26. The summed E-state index contributed by atoms with van der Waals surface area (Å²) in [7, 11) is 0. The lowest BCUT2D eigenvalue weighted by atomic mass is 10.0. The molecule has 2 N–H and O–H groups in total. The summed E-state index contributed by atoms with van der Waals surface area (Å²) in [6.07, 6.45) is 5.05. The van der Waals surface area contributed by atoms with Crippen LogP contribution in [0.2, 0.25) is 0 Å². The van der Waals surface area contributed by atoms with Crippen LogP contribution in [0.25, 0.3) is 10.9 Å². The number of hydrogen-bond donors (Lipinski definition) is 2. The molecule has 0 fully saturated rings. The number of aryl methyl sites for hydroxylation is 1. The van der Waals surface area contributed by atoms with E-state index in [1.165, 1.54) is 23.9 Å². The summed E-state index contributed by atoms with van der Waals surface area (Å²) in [5, 5.41) is 9.88. The highest BCUT2D eigenvalue weighted by Crippen LogP contribution is 2.19. The number of nitrogens with one attached hydrogen (secondary N) is 1. The molecular formula is C16H17NO3. The number of carboxylic acids is 1. The molecule has 0 saturated carbocycles. The zero-order valence-corrected chi connectivity index (χ0v) is 11.3. The van der Waals surface area contributed by atoms with Gasteiger partial charge < -0.3 is 10.1 Å². The van der Waals surface area contributed by atoms with Crippen molar-refractivity contribution in [2.75, 3.05) is 0 Å². The van der Waals surface area contributed by atoms with Crippen LogP contribution < -0.4 is 0 Å². The summed E-state index contributed by atoms with van der Waals surface area (Å²) >= 11 is 0. The number of fused-ring (bicyclic) bond motifs is 1. The molecule has 104 valence electrons. The maximum Gasteiger partial charge on any atom is 0.331 e. The average Bonchev–Trinajstić information content (AvgIpc) is 2.82. The average molecular weight is 271 g/mol. The minimum atomic E-state index is -1.05. The standard InChI is InChI=1S/C16H17NO3/c1-11(16(19)20)9-13(18)6-4-5-12-10-17-15-8-3-2-7-14(12)15/h2-3,7-10,17H,4-6H2,1H3,(H,19,20). The molecule has 2 rings (SSSR count). The van der Waals surface area contributed by atoms with Crippen molar-refractivity contribution in [3.63, 3.8) is 0 Å². The number of hydrogen-bond acceptors (Lipinski definition) is 2. The Morgan fingerprint density at radius 3 is 2.80 bits per heavy atom. The number of carbonyl (C=O) groups is 2. The van der Waals surface area contributed by atoms with Crippen molar-refractivity contribution >= 4 is 22.7 Å². The number of carbonyl (C=O) groups excluding carboxylic acids is 1. The lowest BCUT2D eigenvalue weighted by molar-refractivity contribution is -0.132. The molecule has 0 radical (unpaired) electrons. The fourth-order valence-corrected chi connectivity index (χ4v) is 2.17. The van der Waals surface area contributed by atoms with E-state index < -0.39 is 5.97 Å². The topological polar surface area (TPSA) is 70.2 Å². The van der Waals surface area contributed by atoms with Gasteiger partial charge in [0.25, 0.3) is 0 Å². The molecule has 0 aliphatic carbocycles. The lowest BCUT2D eigenvalue weighted by Crippen LogP contribution is -2.01. The number of rotatable bonds is 6. The smallest absolute Gasteiger partial charge is 0.331 e. The Hall–Kier alpha value is -2.36. The fourth-order valence-electron chi connectivity index (χ4n) is 2.17. The molecule has 0 aliphatic rings. The van der Waals surface area contributed by atoms with Crippen molar-refractivity contribution in [3.05, 3.63) is 47.7 Å². The number of ketones is 1. The number of H-pyrrole nitrogens is 1. The van der Waals surface area contributed by atoms with Crippen LogP contribution in [0.1, 0.15) is 25.3 Å². The zero-order chi connectivity index (χ0) is 14.5. The summed E-state index contributed by atoms with van der Waals surface area (Å²) in [6, 6.07) is 8.04. The molecule has 1 aromatic heterocycles. The Morgan fingerprint density at radius 1 is 1.30 bits per heavy atom. The van der Waals surface area contributed by atoms with Gasteiger partial charge >= 0.3 is 5.97 Å². The molecule has 1 heterocycles. The first-order valence-electron chi connectivity index (χ1n) is 6.57. The lowest BCUT2D eigenvalue weighted by Gasteiger charge is -1.99. The second kappa shape index (κ2) is 6.19. The van der Waals surface area contributed by atoms with Gasteiger partial charge in [-0.1, -0.05) is 18.2 Å². The Morgan fingerprint density at radius 2 is 2.05 bits per heavy atom. The van der Waals surface area contributed by atoms with Crippen molar-refractivity contribution in [2.45, 2.75) is 26.2 Å². The molecule has 4 heteroatoms. The molecule has 2 aromatic rings. The van der Waals surface area contributed by atoms with Crippen molar-refractivity contribution in [1.82, 2.24) is 4.98 Å². The highest BCUT2D eigenvalue weighted by Gasteiger charge is 2.06. The van der Waals surface area contributed by atoms with E-state index in [-0.39, 0.29) is 11.4 Å². The van der Waals surface area contributed by atoms with Gasteiger partial charge in [0.05, 0.1) is 0 Å². The normalized spacial score (nSPS) is 11.8. The van der Waals surface area contributed by atoms with Crippen LogP contribution in [-0.2, 0) is 16.0 Å². The molecule has 0 unspecified atom stereocenters. The largest absolute Gasteiger partial charge is 0.478 e. The van der Waals surface area contributed by atoms with E-state index in [4.69, 9.17) is 5.11 Å². The van der Waals surface area contributed by atoms with E-state index in [9.17, 15) is 9.59 Å². The molecular weight excluding hydrogens is 254 g/mol. The monoisotopic (exact) mass is 271 g/mol. The number of benzene rings is 1. The second-order valence-electron chi connectivity index (χ2n) is 4.81. The van der Waals surface area contributed by atoms with Gasteiger partial charge in [0.2, 0.25) is 0 Å². The van der Waals surface area contributed by atoms with Crippen LogP contribution in [0.5, 0.6) is 0 Å². The van der Waals surface area contributed by atoms with E-state index >= 15 is 0 Å². The van der Waals surface area contributed by atoms with E-state index in [1.807, 2.05) is 24.4 Å². The molecule has 4 nitrogen and oxygen atoms in total. The minimum Gasteiger partial charge on any atom is -0.478 e. The van der Waals surface area contributed by atoms with Gasteiger partial charge in [0, 0.05) is 29.1 Å². The van der Waals surface area contributed by atoms with Gasteiger partial charge in [0.1, 0.15) is 0 Å². The summed E-state index contributed by atoms with van der Waals surface area (Å²) in [4.78, 5) is 25.4. The third kappa shape index (κ3) is 3.35. The van der Waals surface area contributed by atoms with Crippen LogP contribution in [0.4, 0.5) is 0 Å². The van der Waals surface area contributed by atoms with Crippen LogP contribution in [0.15, 0.2) is 42.1 Å². The van der Waals surface area contributed by atoms with E-state index in [0.29, 0.717) is 12.8 Å². The number of aromatic amines is 1. The molecule has 1 aromatic carbocycles. The Balaban J connectivity index is 1.92. The second-order valence-corrected chi connectivity index (χ2v) is 4.81. The summed E-state index contributed by atoms with van der Waals surface area (Å²) in [5.74, 6) is -1.18.